The number of carbonyl (C=O) groups excluding carboxylic acids is 1. The molecular weight excluding hydrogens is 368 g/mol. The highest BCUT2D eigenvalue weighted by atomic mass is 16.6. The van der Waals surface area contributed by atoms with Crippen molar-refractivity contribution in [3.05, 3.63) is 58.1 Å². The smallest absolute Gasteiger partial charge is 0.311 e. The first-order chi connectivity index (χ1) is 13.3. The summed E-state index contributed by atoms with van der Waals surface area (Å²) in [5.74, 6) is -1.47. The Kier molecular flexibility index (Phi) is 6.91. The van der Waals surface area contributed by atoms with Gasteiger partial charge in [0, 0.05) is 17.8 Å². The van der Waals surface area contributed by atoms with Crippen LogP contribution in [0.4, 0.5) is 11.4 Å². The molecule has 0 heterocycles. The summed E-state index contributed by atoms with van der Waals surface area (Å²) >= 11 is 0. The minimum atomic E-state index is -0.864. The Morgan fingerprint density at radius 2 is 1.89 bits per heavy atom. The number of nitro benzene ring substituents is 1. The summed E-state index contributed by atoms with van der Waals surface area (Å²) in [5, 5.41) is 22.5. The van der Waals surface area contributed by atoms with E-state index in [9.17, 15) is 19.7 Å². The summed E-state index contributed by atoms with van der Waals surface area (Å²) in [4.78, 5) is 33.2. The number of nitrogens with one attached hydrogen (secondary N) is 1. The number of carboxylic acids is 1. The van der Waals surface area contributed by atoms with Gasteiger partial charge in [-0.15, -0.1) is 0 Å². The van der Waals surface area contributed by atoms with E-state index >= 15 is 0 Å². The minimum absolute atomic E-state index is 0.0362. The molecule has 0 bridgehead atoms. The Morgan fingerprint density at radius 3 is 2.46 bits per heavy atom. The first-order valence-corrected chi connectivity index (χ1v) is 8.37. The van der Waals surface area contributed by atoms with Gasteiger partial charge in [0.05, 0.1) is 18.0 Å². The molecule has 1 atom stereocenters. The first-order valence-electron chi connectivity index (χ1n) is 8.37. The number of nitrogens with zero attached hydrogens (tertiary/aromatic N) is 1. The van der Waals surface area contributed by atoms with E-state index < -0.39 is 22.7 Å². The third kappa shape index (κ3) is 5.70. The Hall–Kier alpha value is -3.62. The van der Waals surface area contributed by atoms with E-state index in [1.807, 2.05) is 0 Å². The summed E-state index contributed by atoms with van der Waals surface area (Å²) in [7, 11) is 1.31. The molecule has 0 saturated heterocycles. The lowest BCUT2D eigenvalue weighted by Crippen LogP contribution is -2.20. The maximum Gasteiger partial charge on any atom is 0.311 e. The number of carboxylic acid groups (broad SMARTS) is 1. The monoisotopic (exact) mass is 388 g/mol. The van der Waals surface area contributed by atoms with Crippen LogP contribution in [0.15, 0.2) is 42.5 Å². The second-order valence-corrected chi connectivity index (χ2v) is 6.07. The molecule has 9 heteroatoms. The summed E-state index contributed by atoms with van der Waals surface area (Å²) in [6, 6.07) is 10.8. The molecular formula is C19H20N2O7. The van der Waals surface area contributed by atoms with Crippen molar-refractivity contribution >= 4 is 23.3 Å². The van der Waals surface area contributed by atoms with E-state index in [-0.39, 0.29) is 23.8 Å². The van der Waals surface area contributed by atoms with Crippen LogP contribution in [0.5, 0.6) is 11.5 Å². The molecule has 0 aliphatic heterocycles. The van der Waals surface area contributed by atoms with Crippen molar-refractivity contribution in [1.82, 2.24) is 0 Å². The first kappa shape index (κ1) is 20.7. The molecule has 0 saturated carbocycles. The molecule has 9 nitrogen and oxygen atoms in total. The molecule has 2 rings (SSSR count). The summed E-state index contributed by atoms with van der Waals surface area (Å²) in [6.07, 6.45) is 0.397. The topological polar surface area (TPSA) is 128 Å². The van der Waals surface area contributed by atoms with Crippen molar-refractivity contribution in [1.29, 1.82) is 0 Å². The molecule has 148 valence electrons. The number of anilines is 1. The van der Waals surface area contributed by atoms with Gasteiger partial charge in [-0.3, -0.25) is 19.7 Å². The number of hydrogen-bond donors (Lipinski definition) is 2. The fraction of sp³-hybridized carbons (Fsp3) is 0.263. The average molecular weight is 388 g/mol. The van der Waals surface area contributed by atoms with E-state index in [0.29, 0.717) is 12.1 Å². The zero-order chi connectivity index (χ0) is 20.7. The van der Waals surface area contributed by atoms with Crippen LogP contribution in [0.25, 0.3) is 0 Å². The van der Waals surface area contributed by atoms with E-state index in [2.05, 4.69) is 5.32 Å². The minimum Gasteiger partial charge on any atom is -0.490 e. The fourth-order valence-corrected chi connectivity index (χ4v) is 2.41. The molecule has 0 aliphatic rings. The van der Waals surface area contributed by atoms with Gasteiger partial charge in [0.25, 0.3) is 5.91 Å². The zero-order valence-corrected chi connectivity index (χ0v) is 15.4. The highest BCUT2D eigenvalue weighted by molar-refractivity contribution is 5.91. The molecule has 0 radical (unpaired) electrons. The number of amides is 1. The molecule has 0 aliphatic carbocycles. The third-order valence-corrected chi connectivity index (χ3v) is 3.92. The Labute approximate surface area is 161 Å². The van der Waals surface area contributed by atoms with E-state index in [1.165, 1.54) is 25.3 Å². The van der Waals surface area contributed by atoms with Gasteiger partial charge in [0.15, 0.2) is 6.61 Å². The van der Waals surface area contributed by atoms with Crippen molar-refractivity contribution < 1.29 is 29.1 Å². The number of ether oxygens (including phenoxy) is 2. The van der Waals surface area contributed by atoms with Crippen molar-refractivity contribution in [3.8, 4) is 11.5 Å². The van der Waals surface area contributed by atoms with Crippen LogP contribution in [0.3, 0.4) is 0 Å². The number of nitro groups is 1. The Bertz CT molecular complexity index is 865. The standard InChI is InChI=1S/C19H20N2O7/c1-12(19(23)24)9-13-3-5-14(6-4-13)20-18(22)11-28-15-7-8-16(21(25)26)17(10-15)27-2/h3-8,10,12H,9,11H2,1-2H3,(H,20,22)(H,23,24). The molecule has 2 aromatic rings. The predicted molar refractivity (Wildman–Crippen MR) is 101 cm³/mol. The molecule has 28 heavy (non-hydrogen) atoms. The maximum atomic E-state index is 12.0. The fourth-order valence-electron chi connectivity index (χ4n) is 2.41. The van der Waals surface area contributed by atoms with Gasteiger partial charge in [0.1, 0.15) is 5.75 Å². The van der Waals surface area contributed by atoms with Crippen LogP contribution in [-0.2, 0) is 16.0 Å². The highest BCUT2D eigenvalue weighted by Gasteiger charge is 2.16. The molecule has 1 unspecified atom stereocenters. The van der Waals surface area contributed by atoms with Crippen LogP contribution in [0.2, 0.25) is 0 Å². The highest BCUT2D eigenvalue weighted by Crippen LogP contribution is 2.30. The van der Waals surface area contributed by atoms with Gasteiger partial charge in [-0.1, -0.05) is 19.1 Å². The van der Waals surface area contributed by atoms with E-state index in [0.717, 1.165) is 5.56 Å². The SMILES string of the molecule is COc1cc(OCC(=O)Nc2ccc(CC(C)C(=O)O)cc2)ccc1[N+](=O)[O-]. The van der Waals surface area contributed by atoms with Gasteiger partial charge in [-0.25, -0.2) is 0 Å². The number of methoxy groups -OCH3 is 1. The van der Waals surface area contributed by atoms with E-state index in [4.69, 9.17) is 14.6 Å². The molecule has 2 aromatic carbocycles. The average Bonchev–Trinajstić information content (AvgIpc) is 2.67. The number of carbonyl (C=O) groups is 2. The summed E-state index contributed by atoms with van der Waals surface area (Å²) < 4.78 is 10.3. The molecule has 2 N–H and O–H groups in total. The van der Waals surface area contributed by atoms with Crippen LogP contribution in [-0.4, -0.2) is 35.6 Å². The van der Waals surface area contributed by atoms with Crippen LogP contribution < -0.4 is 14.8 Å². The van der Waals surface area contributed by atoms with Crippen molar-refractivity contribution in [2.45, 2.75) is 13.3 Å². The lowest BCUT2D eigenvalue weighted by Gasteiger charge is -2.10. The Morgan fingerprint density at radius 1 is 1.21 bits per heavy atom. The van der Waals surface area contributed by atoms with Crippen LogP contribution in [0, 0.1) is 16.0 Å². The van der Waals surface area contributed by atoms with Gasteiger partial charge in [-0.2, -0.15) is 0 Å². The maximum absolute atomic E-state index is 12.0. The Balaban J connectivity index is 1.90. The summed E-state index contributed by atoms with van der Waals surface area (Å²) in [5.41, 5.74) is 1.19. The van der Waals surface area contributed by atoms with Crippen LogP contribution in [0.1, 0.15) is 12.5 Å². The summed E-state index contributed by atoms with van der Waals surface area (Å²) in [6.45, 7) is 1.33. The van der Waals surface area contributed by atoms with E-state index in [1.54, 1.807) is 31.2 Å². The van der Waals surface area contributed by atoms with Gasteiger partial charge < -0.3 is 19.9 Å². The van der Waals surface area contributed by atoms with Crippen LogP contribution >= 0.6 is 0 Å². The largest absolute Gasteiger partial charge is 0.490 e. The normalized spacial score (nSPS) is 11.4. The number of hydrogen-bond acceptors (Lipinski definition) is 6. The molecule has 0 spiro atoms. The van der Waals surface area contributed by atoms with Crippen molar-refractivity contribution in [2.24, 2.45) is 5.92 Å². The third-order valence-electron chi connectivity index (χ3n) is 3.92. The lowest BCUT2D eigenvalue weighted by atomic mass is 10.0. The predicted octanol–water partition coefficient (Wildman–Crippen LogP) is 2.88. The number of benzene rings is 2. The van der Waals surface area contributed by atoms with Gasteiger partial charge in [0.2, 0.25) is 5.75 Å². The quantitative estimate of drug-likeness (QED) is 0.499. The number of aliphatic carboxylic acids is 1. The lowest BCUT2D eigenvalue weighted by molar-refractivity contribution is -0.385. The molecule has 1 amide bonds. The molecule has 0 aromatic heterocycles. The number of rotatable bonds is 9. The van der Waals surface area contributed by atoms with Gasteiger partial charge in [-0.05, 0) is 30.2 Å². The molecule has 0 fully saturated rings. The van der Waals surface area contributed by atoms with Gasteiger partial charge >= 0.3 is 11.7 Å². The second kappa shape index (κ2) is 9.36. The second-order valence-electron chi connectivity index (χ2n) is 6.07. The van der Waals surface area contributed by atoms with Crippen molar-refractivity contribution in [2.75, 3.05) is 19.0 Å². The van der Waals surface area contributed by atoms with Crippen molar-refractivity contribution in [3.63, 3.8) is 0 Å². The zero-order valence-electron chi connectivity index (χ0n) is 15.4.